The molecule has 22 heavy (non-hydrogen) atoms. The number of ether oxygens (including phenoxy) is 1. The van der Waals surface area contributed by atoms with Crippen molar-refractivity contribution in [1.29, 1.82) is 0 Å². The molecule has 0 aliphatic heterocycles. The molecule has 0 unspecified atom stereocenters. The second kappa shape index (κ2) is 6.28. The Labute approximate surface area is 138 Å². The van der Waals surface area contributed by atoms with Crippen LogP contribution in [0.5, 0.6) is 0 Å². The van der Waals surface area contributed by atoms with Crippen LogP contribution >= 0.6 is 15.9 Å². The summed E-state index contributed by atoms with van der Waals surface area (Å²) < 4.78 is 6.14. The number of carbonyl (C=O) groups is 2. The van der Waals surface area contributed by atoms with Crippen LogP contribution in [0.15, 0.2) is 28.7 Å². The molecule has 1 saturated carbocycles. The minimum absolute atomic E-state index is 0.0640. The molecule has 1 aromatic carbocycles. The van der Waals surface area contributed by atoms with Crippen LogP contribution in [0.3, 0.4) is 0 Å². The zero-order chi connectivity index (χ0) is 16.4. The molecular formula is C16H21BrN2O3. The third-order valence-corrected chi connectivity index (χ3v) is 3.94. The molecule has 1 aromatic rings. The summed E-state index contributed by atoms with van der Waals surface area (Å²) in [7, 11) is 0. The van der Waals surface area contributed by atoms with Crippen LogP contribution in [0.25, 0.3) is 0 Å². The van der Waals surface area contributed by atoms with Gasteiger partial charge in [-0.1, -0.05) is 15.9 Å². The van der Waals surface area contributed by atoms with Crippen molar-refractivity contribution < 1.29 is 14.3 Å². The first kappa shape index (κ1) is 16.8. The number of alkyl carbamates (subject to hydrolysis) is 1. The van der Waals surface area contributed by atoms with E-state index in [1.54, 1.807) is 20.8 Å². The van der Waals surface area contributed by atoms with E-state index in [9.17, 15) is 9.59 Å². The van der Waals surface area contributed by atoms with Crippen molar-refractivity contribution in [2.45, 2.75) is 39.2 Å². The molecule has 5 nitrogen and oxygen atoms in total. The minimum Gasteiger partial charge on any atom is -0.444 e. The third kappa shape index (κ3) is 4.73. The fraction of sp³-hybridized carbons (Fsp3) is 0.500. The number of hydrogen-bond acceptors (Lipinski definition) is 3. The summed E-state index contributed by atoms with van der Waals surface area (Å²) in [5, 5.41) is 5.58. The van der Waals surface area contributed by atoms with E-state index in [-0.39, 0.29) is 5.91 Å². The van der Waals surface area contributed by atoms with Gasteiger partial charge in [0.15, 0.2) is 0 Å². The third-order valence-electron chi connectivity index (χ3n) is 3.41. The van der Waals surface area contributed by atoms with Crippen LogP contribution in [0.2, 0.25) is 0 Å². The molecule has 0 aromatic heterocycles. The summed E-state index contributed by atoms with van der Waals surface area (Å²) in [4.78, 5) is 24.0. The van der Waals surface area contributed by atoms with Gasteiger partial charge in [-0.05, 0) is 57.9 Å². The largest absolute Gasteiger partial charge is 0.444 e. The lowest BCUT2D eigenvalue weighted by molar-refractivity contribution is -0.120. The molecule has 1 aliphatic rings. The predicted molar refractivity (Wildman–Crippen MR) is 88.7 cm³/mol. The van der Waals surface area contributed by atoms with Crippen molar-refractivity contribution >= 4 is 33.6 Å². The first-order valence-electron chi connectivity index (χ1n) is 7.24. The highest BCUT2D eigenvalue weighted by Gasteiger charge is 2.50. The molecule has 0 saturated heterocycles. The monoisotopic (exact) mass is 368 g/mol. The van der Waals surface area contributed by atoms with Gasteiger partial charge in [0.05, 0.1) is 5.41 Å². The van der Waals surface area contributed by atoms with Crippen molar-refractivity contribution in [3.8, 4) is 0 Å². The van der Waals surface area contributed by atoms with Crippen LogP contribution in [-0.2, 0) is 9.53 Å². The van der Waals surface area contributed by atoms with Gasteiger partial charge in [-0.3, -0.25) is 4.79 Å². The van der Waals surface area contributed by atoms with Gasteiger partial charge < -0.3 is 15.4 Å². The summed E-state index contributed by atoms with van der Waals surface area (Å²) in [6.07, 6.45) is 1.05. The lowest BCUT2D eigenvalue weighted by Crippen LogP contribution is -2.39. The second-order valence-corrected chi connectivity index (χ2v) is 7.51. The van der Waals surface area contributed by atoms with Crippen LogP contribution < -0.4 is 10.6 Å². The minimum atomic E-state index is -0.541. The van der Waals surface area contributed by atoms with Crippen LogP contribution in [0.1, 0.15) is 33.6 Å². The number of carbonyl (C=O) groups excluding carboxylic acids is 2. The van der Waals surface area contributed by atoms with Crippen molar-refractivity contribution in [1.82, 2.24) is 5.32 Å². The Kier molecular flexibility index (Phi) is 4.80. The number of halogens is 1. The summed E-state index contributed by atoms with van der Waals surface area (Å²) in [6.45, 7) is 5.71. The zero-order valence-electron chi connectivity index (χ0n) is 13.0. The Morgan fingerprint density at radius 3 is 2.32 bits per heavy atom. The molecule has 0 heterocycles. The first-order chi connectivity index (χ1) is 10.2. The van der Waals surface area contributed by atoms with Crippen molar-refractivity contribution in [2.24, 2.45) is 5.41 Å². The maximum atomic E-state index is 12.4. The highest BCUT2D eigenvalue weighted by molar-refractivity contribution is 9.10. The smallest absolute Gasteiger partial charge is 0.407 e. The van der Waals surface area contributed by atoms with Gasteiger partial charge in [0.25, 0.3) is 0 Å². The fourth-order valence-electron chi connectivity index (χ4n) is 1.99. The van der Waals surface area contributed by atoms with E-state index in [1.807, 2.05) is 24.3 Å². The number of rotatable bonds is 4. The van der Waals surface area contributed by atoms with Crippen LogP contribution in [0, 0.1) is 5.41 Å². The van der Waals surface area contributed by atoms with Gasteiger partial charge >= 0.3 is 6.09 Å². The summed E-state index contributed by atoms with van der Waals surface area (Å²) >= 11 is 3.35. The Bertz CT molecular complexity index is 560. The number of hydrogen-bond donors (Lipinski definition) is 2. The van der Waals surface area contributed by atoms with Crippen molar-refractivity contribution in [3.05, 3.63) is 28.7 Å². The van der Waals surface area contributed by atoms with Gasteiger partial charge in [0, 0.05) is 16.7 Å². The van der Waals surface area contributed by atoms with E-state index in [4.69, 9.17) is 4.74 Å². The van der Waals surface area contributed by atoms with Gasteiger partial charge in [0.2, 0.25) is 5.91 Å². The molecule has 2 N–H and O–H groups in total. The summed E-state index contributed by atoms with van der Waals surface area (Å²) in [5.74, 6) is -0.0640. The first-order valence-corrected chi connectivity index (χ1v) is 8.03. The van der Waals surface area contributed by atoms with Crippen LogP contribution in [-0.4, -0.2) is 24.1 Å². The molecule has 0 bridgehead atoms. The van der Waals surface area contributed by atoms with E-state index < -0.39 is 17.1 Å². The number of benzene rings is 1. The van der Waals surface area contributed by atoms with Gasteiger partial charge in [0.1, 0.15) is 5.60 Å². The van der Waals surface area contributed by atoms with E-state index in [0.717, 1.165) is 23.0 Å². The van der Waals surface area contributed by atoms with Gasteiger partial charge in [-0.2, -0.15) is 0 Å². The maximum absolute atomic E-state index is 12.4. The molecule has 120 valence electrons. The molecule has 1 fully saturated rings. The van der Waals surface area contributed by atoms with E-state index >= 15 is 0 Å². The zero-order valence-corrected chi connectivity index (χ0v) is 14.6. The van der Waals surface area contributed by atoms with Crippen molar-refractivity contribution in [3.63, 3.8) is 0 Å². The number of amides is 2. The molecular weight excluding hydrogens is 348 g/mol. The van der Waals surface area contributed by atoms with Crippen LogP contribution in [0.4, 0.5) is 10.5 Å². The van der Waals surface area contributed by atoms with E-state index in [0.29, 0.717) is 6.54 Å². The molecule has 1 aliphatic carbocycles. The average Bonchev–Trinajstić information content (AvgIpc) is 3.18. The normalized spacial score (nSPS) is 15.8. The van der Waals surface area contributed by atoms with Gasteiger partial charge in [-0.25, -0.2) is 4.79 Å². The Morgan fingerprint density at radius 1 is 1.23 bits per heavy atom. The summed E-state index contributed by atoms with van der Waals surface area (Å²) in [5.41, 5.74) is -0.304. The van der Waals surface area contributed by atoms with E-state index in [2.05, 4.69) is 26.6 Å². The average molecular weight is 369 g/mol. The number of anilines is 1. The Morgan fingerprint density at radius 2 is 1.82 bits per heavy atom. The molecule has 6 heteroatoms. The molecule has 0 atom stereocenters. The topological polar surface area (TPSA) is 67.4 Å². The van der Waals surface area contributed by atoms with Gasteiger partial charge in [-0.15, -0.1) is 0 Å². The molecule has 2 rings (SSSR count). The summed E-state index contributed by atoms with van der Waals surface area (Å²) in [6, 6.07) is 7.40. The molecule has 0 spiro atoms. The van der Waals surface area contributed by atoms with E-state index in [1.165, 1.54) is 0 Å². The lowest BCUT2D eigenvalue weighted by atomic mass is 10.1. The highest BCUT2D eigenvalue weighted by atomic mass is 79.9. The lowest BCUT2D eigenvalue weighted by Gasteiger charge is -2.21. The predicted octanol–water partition coefficient (Wildman–Crippen LogP) is 3.69. The Balaban J connectivity index is 1.87. The highest BCUT2D eigenvalue weighted by Crippen LogP contribution is 2.46. The SMILES string of the molecule is CC(C)(C)OC(=O)NCC1(C(=O)Nc2ccc(Br)cc2)CC1. The Hall–Kier alpha value is -1.56. The maximum Gasteiger partial charge on any atom is 0.407 e. The quantitative estimate of drug-likeness (QED) is 0.851. The number of nitrogens with one attached hydrogen (secondary N) is 2. The van der Waals surface area contributed by atoms with Crippen molar-refractivity contribution in [2.75, 3.05) is 11.9 Å². The standard InChI is InChI=1S/C16H21BrN2O3/c1-15(2,3)22-14(21)18-10-16(8-9-16)13(20)19-12-6-4-11(17)5-7-12/h4-7H,8-10H2,1-3H3,(H,18,21)(H,19,20). The second-order valence-electron chi connectivity index (χ2n) is 6.60. The molecule has 0 radical (unpaired) electrons. The molecule has 2 amide bonds. The fourth-order valence-corrected chi connectivity index (χ4v) is 2.25.